The second-order valence-corrected chi connectivity index (χ2v) is 5.07. The van der Waals surface area contributed by atoms with Crippen LogP contribution >= 0.6 is 0 Å². The SMILES string of the molecule is COCCN(CC(C)C)c1ccccc1[C@H](C)O. The zero-order valence-corrected chi connectivity index (χ0v) is 11.9. The van der Waals surface area contributed by atoms with Crippen LogP contribution in [0.5, 0.6) is 0 Å². The Morgan fingerprint density at radius 3 is 2.44 bits per heavy atom. The number of para-hydroxylation sites is 1. The first kappa shape index (κ1) is 15.0. The highest BCUT2D eigenvalue weighted by Crippen LogP contribution is 2.26. The highest BCUT2D eigenvalue weighted by atomic mass is 16.5. The lowest BCUT2D eigenvalue weighted by Crippen LogP contribution is -2.31. The number of anilines is 1. The van der Waals surface area contributed by atoms with Crippen molar-refractivity contribution in [3.05, 3.63) is 29.8 Å². The zero-order valence-electron chi connectivity index (χ0n) is 11.9. The van der Waals surface area contributed by atoms with Crippen LogP contribution in [0.3, 0.4) is 0 Å². The molecule has 0 spiro atoms. The first-order valence-electron chi connectivity index (χ1n) is 6.57. The molecule has 18 heavy (non-hydrogen) atoms. The summed E-state index contributed by atoms with van der Waals surface area (Å²) >= 11 is 0. The molecule has 0 aliphatic carbocycles. The summed E-state index contributed by atoms with van der Waals surface area (Å²) in [4.78, 5) is 2.29. The van der Waals surface area contributed by atoms with Crippen LogP contribution in [0, 0.1) is 5.92 Å². The molecule has 0 radical (unpaired) electrons. The molecule has 0 heterocycles. The fourth-order valence-corrected chi connectivity index (χ4v) is 2.08. The van der Waals surface area contributed by atoms with Gasteiger partial charge in [0.1, 0.15) is 0 Å². The molecule has 3 nitrogen and oxygen atoms in total. The van der Waals surface area contributed by atoms with Gasteiger partial charge in [-0.2, -0.15) is 0 Å². The third kappa shape index (κ3) is 4.31. The quantitative estimate of drug-likeness (QED) is 0.809. The number of ether oxygens (including phenoxy) is 1. The third-order valence-corrected chi connectivity index (χ3v) is 2.88. The maximum absolute atomic E-state index is 9.86. The molecular formula is C15H25NO2. The standard InChI is InChI=1S/C15H25NO2/c1-12(2)11-16(9-10-18-4)15-8-6-5-7-14(15)13(3)17/h5-8,12-13,17H,9-11H2,1-4H3/t13-/m0/s1. The molecule has 3 heteroatoms. The van der Waals surface area contributed by atoms with Crippen LogP contribution in [0.1, 0.15) is 32.4 Å². The summed E-state index contributed by atoms with van der Waals surface area (Å²) in [7, 11) is 1.72. The van der Waals surface area contributed by atoms with E-state index in [1.165, 1.54) is 0 Å². The van der Waals surface area contributed by atoms with Crippen molar-refractivity contribution < 1.29 is 9.84 Å². The highest BCUT2D eigenvalue weighted by Gasteiger charge is 2.14. The minimum atomic E-state index is -0.446. The van der Waals surface area contributed by atoms with E-state index in [0.29, 0.717) is 12.5 Å². The predicted octanol–water partition coefficient (Wildman–Crippen LogP) is 2.85. The van der Waals surface area contributed by atoms with Gasteiger partial charge in [0.05, 0.1) is 12.7 Å². The van der Waals surface area contributed by atoms with E-state index >= 15 is 0 Å². The number of hydrogen-bond acceptors (Lipinski definition) is 3. The van der Waals surface area contributed by atoms with E-state index in [0.717, 1.165) is 24.3 Å². The van der Waals surface area contributed by atoms with Gasteiger partial charge in [0, 0.05) is 31.5 Å². The molecule has 1 aromatic carbocycles. The first-order valence-corrected chi connectivity index (χ1v) is 6.57. The average molecular weight is 251 g/mol. The molecule has 0 saturated carbocycles. The second kappa shape index (κ2) is 7.39. The lowest BCUT2D eigenvalue weighted by Gasteiger charge is -2.29. The van der Waals surface area contributed by atoms with Crippen molar-refractivity contribution >= 4 is 5.69 Å². The van der Waals surface area contributed by atoms with Gasteiger partial charge in [0.2, 0.25) is 0 Å². The van der Waals surface area contributed by atoms with E-state index in [1.54, 1.807) is 7.11 Å². The molecule has 102 valence electrons. The minimum Gasteiger partial charge on any atom is -0.389 e. The van der Waals surface area contributed by atoms with E-state index in [9.17, 15) is 5.11 Å². The number of methoxy groups -OCH3 is 1. The fourth-order valence-electron chi connectivity index (χ4n) is 2.08. The van der Waals surface area contributed by atoms with E-state index in [-0.39, 0.29) is 0 Å². The molecule has 0 bridgehead atoms. The summed E-state index contributed by atoms with van der Waals surface area (Å²) in [6.07, 6.45) is -0.446. The van der Waals surface area contributed by atoms with Gasteiger partial charge in [-0.05, 0) is 18.9 Å². The number of benzene rings is 1. The Balaban J connectivity index is 2.95. The number of aliphatic hydroxyl groups excluding tert-OH is 1. The normalized spacial score (nSPS) is 12.8. The molecule has 0 amide bonds. The molecule has 0 unspecified atom stereocenters. The van der Waals surface area contributed by atoms with Gasteiger partial charge in [-0.25, -0.2) is 0 Å². The molecule has 1 N–H and O–H groups in total. The van der Waals surface area contributed by atoms with Crippen LogP contribution in [-0.4, -0.2) is 31.9 Å². The van der Waals surface area contributed by atoms with Crippen LogP contribution in [-0.2, 0) is 4.74 Å². The Labute approximate surface area is 110 Å². The summed E-state index contributed by atoms with van der Waals surface area (Å²) in [5.74, 6) is 0.573. The summed E-state index contributed by atoms with van der Waals surface area (Å²) in [6, 6.07) is 8.04. The maximum Gasteiger partial charge on any atom is 0.0781 e. The topological polar surface area (TPSA) is 32.7 Å². The number of nitrogens with zero attached hydrogens (tertiary/aromatic N) is 1. The first-order chi connectivity index (χ1) is 8.56. The van der Waals surface area contributed by atoms with Gasteiger partial charge in [-0.1, -0.05) is 32.0 Å². The Morgan fingerprint density at radius 1 is 1.22 bits per heavy atom. The Morgan fingerprint density at radius 2 is 1.89 bits per heavy atom. The van der Waals surface area contributed by atoms with Crippen molar-refractivity contribution in [3.8, 4) is 0 Å². The summed E-state index contributed by atoms with van der Waals surface area (Å²) < 4.78 is 5.17. The summed E-state index contributed by atoms with van der Waals surface area (Å²) in [6.45, 7) is 8.71. The molecule has 0 aromatic heterocycles. The van der Waals surface area contributed by atoms with Gasteiger partial charge < -0.3 is 14.7 Å². The molecule has 0 saturated heterocycles. The van der Waals surface area contributed by atoms with Gasteiger partial charge in [-0.3, -0.25) is 0 Å². The Kier molecular flexibility index (Phi) is 6.16. The molecule has 1 rings (SSSR count). The molecule has 0 fully saturated rings. The van der Waals surface area contributed by atoms with E-state index in [1.807, 2.05) is 25.1 Å². The largest absolute Gasteiger partial charge is 0.389 e. The van der Waals surface area contributed by atoms with Crippen molar-refractivity contribution in [1.29, 1.82) is 0 Å². The van der Waals surface area contributed by atoms with Crippen molar-refractivity contribution in [1.82, 2.24) is 0 Å². The lowest BCUT2D eigenvalue weighted by molar-refractivity contribution is 0.197. The van der Waals surface area contributed by atoms with Crippen LogP contribution in [0.15, 0.2) is 24.3 Å². The maximum atomic E-state index is 9.86. The van der Waals surface area contributed by atoms with Crippen molar-refractivity contribution in [2.75, 3.05) is 31.7 Å². The van der Waals surface area contributed by atoms with E-state index in [4.69, 9.17) is 4.74 Å². The number of rotatable bonds is 7. The van der Waals surface area contributed by atoms with Crippen LogP contribution in [0.4, 0.5) is 5.69 Å². The summed E-state index contributed by atoms with van der Waals surface area (Å²) in [5, 5.41) is 9.86. The molecule has 0 aliphatic heterocycles. The van der Waals surface area contributed by atoms with Gasteiger partial charge in [0.25, 0.3) is 0 Å². The third-order valence-electron chi connectivity index (χ3n) is 2.88. The molecule has 1 atom stereocenters. The van der Waals surface area contributed by atoms with Crippen LogP contribution in [0.25, 0.3) is 0 Å². The smallest absolute Gasteiger partial charge is 0.0781 e. The summed E-state index contributed by atoms with van der Waals surface area (Å²) in [5.41, 5.74) is 2.09. The van der Waals surface area contributed by atoms with Crippen LogP contribution < -0.4 is 4.90 Å². The lowest BCUT2D eigenvalue weighted by atomic mass is 10.1. The molecular weight excluding hydrogens is 226 g/mol. The van der Waals surface area contributed by atoms with Crippen molar-refractivity contribution in [2.24, 2.45) is 5.92 Å². The van der Waals surface area contributed by atoms with Gasteiger partial charge >= 0.3 is 0 Å². The van der Waals surface area contributed by atoms with Crippen molar-refractivity contribution in [2.45, 2.75) is 26.9 Å². The number of hydrogen-bond donors (Lipinski definition) is 1. The zero-order chi connectivity index (χ0) is 13.5. The van der Waals surface area contributed by atoms with Gasteiger partial charge in [-0.15, -0.1) is 0 Å². The van der Waals surface area contributed by atoms with E-state index in [2.05, 4.69) is 24.8 Å². The monoisotopic (exact) mass is 251 g/mol. The highest BCUT2D eigenvalue weighted by molar-refractivity contribution is 5.54. The second-order valence-electron chi connectivity index (χ2n) is 5.07. The fraction of sp³-hybridized carbons (Fsp3) is 0.600. The van der Waals surface area contributed by atoms with Gasteiger partial charge in [0.15, 0.2) is 0 Å². The van der Waals surface area contributed by atoms with Crippen molar-refractivity contribution in [3.63, 3.8) is 0 Å². The van der Waals surface area contributed by atoms with Crippen LogP contribution in [0.2, 0.25) is 0 Å². The Bertz CT molecular complexity index is 350. The number of aliphatic hydroxyl groups is 1. The predicted molar refractivity (Wildman–Crippen MR) is 76.0 cm³/mol. The minimum absolute atomic E-state index is 0.446. The Hall–Kier alpha value is -1.06. The molecule has 1 aromatic rings. The average Bonchev–Trinajstić information content (AvgIpc) is 2.34. The molecule has 0 aliphatic rings. The van der Waals surface area contributed by atoms with E-state index < -0.39 is 6.10 Å².